The fraction of sp³-hybridized carbons (Fsp3) is 0.308. The van der Waals surface area contributed by atoms with Crippen LogP contribution in [0.2, 0.25) is 0 Å². The van der Waals surface area contributed by atoms with Gasteiger partial charge in [-0.05, 0) is 30.9 Å². The van der Waals surface area contributed by atoms with Crippen LogP contribution in [-0.4, -0.2) is 10.5 Å². The van der Waals surface area contributed by atoms with Crippen LogP contribution in [0.15, 0.2) is 30.3 Å². The molecule has 0 unspecified atom stereocenters. The molecule has 1 heterocycles. The molecular formula is C13H17N3OS. The zero-order valence-corrected chi connectivity index (χ0v) is 11.3. The van der Waals surface area contributed by atoms with Crippen LogP contribution in [0, 0.1) is 0 Å². The summed E-state index contributed by atoms with van der Waals surface area (Å²) in [5.74, 6) is 1.11. The Kier molecular flexibility index (Phi) is 4.04. The molecule has 0 atom stereocenters. The van der Waals surface area contributed by atoms with Crippen LogP contribution in [0.3, 0.4) is 0 Å². The number of hydrogen-bond donors (Lipinski definition) is 2. The van der Waals surface area contributed by atoms with E-state index < -0.39 is 0 Å². The van der Waals surface area contributed by atoms with Crippen LogP contribution in [0.25, 0.3) is 0 Å². The lowest BCUT2D eigenvalue weighted by Gasteiger charge is -2.11. The standard InChI is InChI=1S/C13H17N3OS/c1-9(2)17-11-12(14)16-18-13(11)15-8-10-6-4-3-5-7-10/h3-7,9,15H,8H2,1-2H3,(H2,14,16). The highest BCUT2D eigenvalue weighted by Crippen LogP contribution is 2.36. The quantitative estimate of drug-likeness (QED) is 0.870. The molecule has 0 aliphatic heterocycles. The number of rotatable bonds is 5. The monoisotopic (exact) mass is 263 g/mol. The van der Waals surface area contributed by atoms with Crippen molar-refractivity contribution in [2.75, 3.05) is 11.1 Å². The molecule has 3 N–H and O–H groups in total. The van der Waals surface area contributed by atoms with E-state index in [2.05, 4.69) is 21.8 Å². The normalized spacial score (nSPS) is 10.6. The van der Waals surface area contributed by atoms with E-state index >= 15 is 0 Å². The number of aromatic nitrogens is 1. The number of ether oxygens (including phenoxy) is 1. The van der Waals surface area contributed by atoms with Crippen molar-refractivity contribution in [2.45, 2.75) is 26.5 Å². The van der Waals surface area contributed by atoms with Gasteiger partial charge in [-0.1, -0.05) is 30.3 Å². The molecule has 0 bridgehead atoms. The number of hydrogen-bond acceptors (Lipinski definition) is 5. The molecule has 0 saturated heterocycles. The summed E-state index contributed by atoms with van der Waals surface area (Å²) in [7, 11) is 0. The smallest absolute Gasteiger partial charge is 0.197 e. The Labute approximate surface area is 111 Å². The number of nitrogens with one attached hydrogen (secondary N) is 1. The molecule has 96 valence electrons. The molecule has 1 aromatic carbocycles. The van der Waals surface area contributed by atoms with Crippen molar-refractivity contribution >= 4 is 22.4 Å². The molecule has 0 saturated carbocycles. The molecule has 0 radical (unpaired) electrons. The van der Waals surface area contributed by atoms with Gasteiger partial charge in [0.15, 0.2) is 16.6 Å². The van der Waals surface area contributed by atoms with Crippen LogP contribution >= 0.6 is 11.5 Å². The van der Waals surface area contributed by atoms with Gasteiger partial charge in [0, 0.05) is 6.54 Å². The third-order valence-electron chi connectivity index (χ3n) is 2.32. The molecular weight excluding hydrogens is 246 g/mol. The van der Waals surface area contributed by atoms with Crippen LogP contribution in [-0.2, 0) is 6.54 Å². The second-order valence-corrected chi connectivity index (χ2v) is 5.01. The van der Waals surface area contributed by atoms with E-state index in [1.807, 2.05) is 32.0 Å². The van der Waals surface area contributed by atoms with Crippen LogP contribution < -0.4 is 15.8 Å². The highest BCUT2D eigenvalue weighted by Gasteiger charge is 2.13. The Morgan fingerprint density at radius 2 is 2.06 bits per heavy atom. The number of nitrogens with two attached hydrogens (primary N) is 1. The zero-order chi connectivity index (χ0) is 13.0. The van der Waals surface area contributed by atoms with Gasteiger partial charge >= 0.3 is 0 Å². The van der Waals surface area contributed by atoms with Crippen LogP contribution in [0.4, 0.5) is 10.8 Å². The topological polar surface area (TPSA) is 60.2 Å². The number of anilines is 2. The predicted molar refractivity (Wildman–Crippen MR) is 76.1 cm³/mol. The summed E-state index contributed by atoms with van der Waals surface area (Å²) in [6.07, 6.45) is 0.0842. The predicted octanol–water partition coefficient (Wildman–Crippen LogP) is 3.12. The average molecular weight is 263 g/mol. The van der Waals surface area contributed by atoms with Crippen molar-refractivity contribution in [2.24, 2.45) is 0 Å². The number of benzene rings is 1. The maximum absolute atomic E-state index is 5.79. The highest BCUT2D eigenvalue weighted by molar-refractivity contribution is 7.11. The largest absolute Gasteiger partial charge is 0.484 e. The van der Waals surface area contributed by atoms with Gasteiger partial charge in [-0.2, -0.15) is 4.37 Å². The van der Waals surface area contributed by atoms with Crippen molar-refractivity contribution in [3.8, 4) is 5.75 Å². The van der Waals surface area contributed by atoms with E-state index in [1.165, 1.54) is 17.1 Å². The minimum atomic E-state index is 0.0842. The second-order valence-electron chi connectivity index (χ2n) is 4.23. The molecule has 4 nitrogen and oxygen atoms in total. The molecule has 2 rings (SSSR count). The summed E-state index contributed by atoms with van der Waals surface area (Å²) in [5, 5.41) is 4.19. The summed E-state index contributed by atoms with van der Waals surface area (Å²) in [6, 6.07) is 10.2. The Balaban J connectivity index is 2.05. The second kappa shape index (κ2) is 5.73. The molecule has 18 heavy (non-hydrogen) atoms. The first-order chi connectivity index (χ1) is 8.66. The molecule has 0 aliphatic rings. The van der Waals surface area contributed by atoms with Crippen molar-refractivity contribution in [3.63, 3.8) is 0 Å². The van der Waals surface area contributed by atoms with Crippen LogP contribution in [0.1, 0.15) is 19.4 Å². The minimum absolute atomic E-state index is 0.0842. The Morgan fingerprint density at radius 1 is 1.33 bits per heavy atom. The SMILES string of the molecule is CC(C)Oc1c(N)nsc1NCc1ccccc1. The lowest BCUT2D eigenvalue weighted by molar-refractivity contribution is 0.245. The van der Waals surface area contributed by atoms with Crippen molar-refractivity contribution < 1.29 is 4.74 Å². The molecule has 1 aromatic heterocycles. The molecule has 0 aliphatic carbocycles. The summed E-state index contributed by atoms with van der Waals surface area (Å²) >= 11 is 1.33. The minimum Gasteiger partial charge on any atom is -0.484 e. The van der Waals surface area contributed by atoms with E-state index in [1.54, 1.807) is 0 Å². The first kappa shape index (κ1) is 12.7. The lowest BCUT2D eigenvalue weighted by Crippen LogP contribution is -2.08. The Bertz CT molecular complexity index is 496. The molecule has 0 amide bonds. The van der Waals surface area contributed by atoms with Gasteiger partial charge in [0.1, 0.15) is 0 Å². The first-order valence-corrected chi connectivity index (χ1v) is 6.63. The first-order valence-electron chi connectivity index (χ1n) is 5.86. The van der Waals surface area contributed by atoms with Gasteiger partial charge in [-0.3, -0.25) is 0 Å². The summed E-state index contributed by atoms with van der Waals surface area (Å²) in [5.41, 5.74) is 7.00. The van der Waals surface area contributed by atoms with E-state index in [0.717, 1.165) is 11.5 Å². The third-order valence-corrected chi connectivity index (χ3v) is 3.12. The van der Waals surface area contributed by atoms with Gasteiger partial charge in [0.05, 0.1) is 6.10 Å². The van der Waals surface area contributed by atoms with Crippen molar-refractivity contribution in [1.82, 2.24) is 4.37 Å². The number of nitrogen functional groups attached to an aromatic ring is 1. The van der Waals surface area contributed by atoms with Gasteiger partial charge < -0.3 is 15.8 Å². The maximum atomic E-state index is 5.79. The summed E-state index contributed by atoms with van der Waals surface area (Å²) < 4.78 is 9.78. The molecule has 2 aromatic rings. The zero-order valence-electron chi connectivity index (χ0n) is 10.5. The summed E-state index contributed by atoms with van der Waals surface area (Å²) in [4.78, 5) is 0. The van der Waals surface area contributed by atoms with E-state index in [9.17, 15) is 0 Å². The Morgan fingerprint density at radius 3 is 2.72 bits per heavy atom. The van der Waals surface area contributed by atoms with E-state index in [4.69, 9.17) is 10.5 Å². The fourth-order valence-electron chi connectivity index (χ4n) is 1.53. The molecule has 5 heteroatoms. The lowest BCUT2D eigenvalue weighted by atomic mass is 10.2. The van der Waals surface area contributed by atoms with E-state index in [-0.39, 0.29) is 6.10 Å². The fourth-order valence-corrected chi connectivity index (χ4v) is 2.18. The average Bonchev–Trinajstić information content (AvgIpc) is 2.69. The van der Waals surface area contributed by atoms with Gasteiger partial charge in [-0.15, -0.1) is 0 Å². The van der Waals surface area contributed by atoms with Gasteiger partial charge in [-0.25, -0.2) is 0 Å². The Hall–Kier alpha value is -1.75. The molecule has 0 fully saturated rings. The van der Waals surface area contributed by atoms with Gasteiger partial charge in [0.2, 0.25) is 0 Å². The van der Waals surface area contributed by atoms with E-state index in [0.29, 0.717) is 11.6 Å². The summed E-state index contributed by atoms with van der Waals surface area (Å²) in [6.45, 7) is 4.67. The highest BCUT2D eigenvalue weighted by atomic mass is 32.1. The maximum Gasteiger partial charge on any atom is 0.197 e. The van der Waals surface area contributed by atoms with Gasteiger partial charge in [0.25, 0.3) is 0 Å². The third kappa shape index (κ3) is 3.13. The van der Waals surface area contributed by atoms with Crippen molar-refractivity contribution in [1.29, 1.82) is 0 Å². The van der Waals surface area contributed by atoms with Crippen molar-refractivity contribution in [3.05, 3.63) is 35.9 Å². The molecule has 0 spiro atoms. The number of nitrogens with zero attached hydrogens (tertiary/aromatic N) is 1. The van der Waals surface area contributed by atoms with Crippen LogP contribution in [0.5, 0.6) is 5.75 Å².